The summed E-state index contributed by atoms with van der Waals surface area (Å²) >= 11 is 0. The van der Waals surface area contributed by atoms with Crippen molar-refractivity contribution in [3.05, 3.63) is 71.3 Å². The van der Waals surface area contributed by atoms with Crippen LogP contribution in [-0.2, 0) is 0 Å². The molecular formula is C17H12N2O. The third kappa shape index (κ3) is 3.48. The molecule has 20 heavy (non-hydrogen) atoms. The van der Waals surface area contributed by atoms with Crippen molar-refractivity contribution in [2.45, 2.75) is 0 Å². The SMILES string of the molecule is N#Cc1ccc(OC/C=C/c2ccccc2)cc1C#N. The molecule has 0 fully saturated rings. The number of hydrogen-bond acceptors (Lipinski definition) is 3. The van der Waals surface area contributed by atoms with Crippen molar-refractivity contribution in [3.8, 4) is 17.9 Å². The highest BCUT2D eigenvalue weighted by Crippen LogP contribution is 2.16. The molecule has 2 rings (SSSR count). The van der Waals surface area contributed by atoms with Gasteiger partial charge in [0.1, 0.15) is 24.5 Å². The fourth-order valence-corrected chi connectivity index (χ4v) is 1.70. The van der Waals surface area contributed by atoms with Crippen LogP contribution in [0.5, 0.6) is 5.75 Å². The lowest BCUT2D eigenvalue weighted by atomic mass is 10.1. The average Bonchev–Trinajstić information content (AvgIpc) is 2.52. The van der Waals surface area contributed by atoms with Gasteiger partial charge in [-0.3, -0.25) is 0 Å². The minimum atomic E-state index is 0.331. The summed E-state index contributed by atoms with van der Waals surface area (Å²) in [6.45, 7) is 0.408. The van der Waals surface area contributed by atoms with Gasteiger partial charge in [0.25, 0.3) is 0 Å². The van der Waals surface area contributed by atoms with Crippen molar-refractivity contribution in [2.24, 2.45) is 0 Å². The van der Waals surface area contributed by atoms with Crippen LogP contribution in [-0.4, -0.2) is 6.61 Å². The van der Waals surface area contributed by atoms with Crippen LogP contribution in [0, 0.1) is 22.7 Å². The van der Waals surface area contributed by atoms with Gasteiger partial charge >= 0.3 is 0 Å². The van der Waals surface area contributed by atoms with Crippen molar-refractivity contribution in [2.75, 3.05) is 6.61 Å². The van der Waals surface area contributed by atoms with Crippen molar-refractivity contribution in [1.82, 2.24) is 0 Å². The van der Waals surface area contributed by atoms with E-state index in [1.165, 1.54) is 0 Å². The quantitative estimate of drug-likeness (QED) is 0.845. The van der Waals surface area contributed by atoms with Gasteiger partial charge in [0.2, 0.25) is 0 Å². The number of nitrogens with zero attached hydrogens (tertiary/aromatic N) is 2. The van der Waals surface area contributed by atoms with E-state index in [4.69, 9.17) is 15.3 Å². The second-order valence-electron chi connectivity index (χ2n) is 4.06. The predicted octanol–water partition coefficient (Wildman–Crippen LogP) is 3.52. The molecule has 0 aromatic heterocycles. The molecule has 0 heterocycles. The summed E-state index contributed by atoms with van der Waals surface area (Å²) in [5.74, 6) is 0.582. The van der Waals surface area contributed by atoms with Gasteiger partial charge < -0.3 is 4.74 Å². The summed E-state index contributed by atoms with van der Waals surface area (Å²) in [4.78, 5) is 0. The fourth-order valence-electron chi connectivity index (χ4n) is 1.70. The zero-order valence-corrected chi connectivity index (χ0v) is 10.8. The summed E-state index contributed by atoms with van der Waals surface area (Å²) < 4.78 is 5.52. The Balaban J connectivity index is 1.97. The third-order valence-corrected chi connectivity index (χ3v) is 2.69. The normalized spacial score (nSPS) is 9.90. The number of benzene rings is 2. The van der Waals surface area contributed by atoms with Crippen LogP contribution in [0.4, 0.5) is 0 Å². The molecule has 2 aromatic carbocycles. The van der Waals surface area contributed by atoms with E-state index in [0.717, 1.165) is 5.56 Å². The Bertz CT molecular complexity index is 691. The Labute approximate surface area is 118 Å². The summed E-state index contributed by atoms with van der Waals surface area (Å²) in [6.07, 6.45) is 3.87. The second kappa shape index (κ2) is 6.78. The molecule has 2 aromatic rings. The molecule has 3 heteroatoms. The second-order valence-corrected chi connectivity index (χ2v) is 4.06. The van der Waals surface area contributed by atoms with Crippen LogP contribution in [0.2, 0.25) is 0 Å². The highest BCUT2D eigenvalue weighted by Gasteiger charge is 2.02. The van der Waals surface area contributed by atoms with Crippen LogP contribution < -0.4 is 4.74 Å². The van der Waals surface area contributed by atoms with Gasteiger partial charge in [0.15, 0.2) is 0 Å². The molecule has 3 nitrogen and oxygen atoms in total. The lowest BCUT2D eigenvalue weighted by Crippen LogP contribution is -1.94. The molecule has 96 valence electrons. The maximum absolute atomic E-state index is 8.92. The van der Waals surface area contributed by atoms with Gasteiger partial charge in [-0.25, -0.2) is 0 Å². The Hall–Kier alpha value is -3.04. The summed E-state index contributed by atoms with van der Waals surface area (Å²) in [6, 6.07) is 18.7. The maximum atomic E-state index is 8.92. The molecule has 0 aliphatic carbocycles. The van der Waals surface area contributed by atoms with Crippen molar-refractivity contribution < 1.29 is 4.74 Å². The van der Waals surface area contributed by atoms with Crippen LogP contribution in [0.3, 0.4) is 0 Å². The van der Waals surface area contributed by atoms with Gasteiger partial charge in [-0.05, 0) is 29.8 Å². The molecule has 0 unspecified atom stereocenters. The topological polar surface area (TPSA) is 56.8 Å². The van der Waals surface area contributed by atoms with E-state index in [2.05, 4.69) is 0 Å². The molecule has 0 radical (unpaired) electrons. The molecule has 0 spiro atoms. The Morgan fingerprint density at radius 3 is 2.40 bits per heavy atom. The Morgan fingerprint density at radius 2 is 1.70 bits per heavy atom. The van der Waals surface area contributed by atoms with E-state index in [1.54, 1.807) is 18.2 Å². The lowest BCUT2D eigenvalue weighted by molar-refractivity contribution is 0.363. The summed E-state index contributed by atoms with van der Waals surface area (Å²) in [7, 11) is 0. The van der Waals surface area contributed by atoms with Crippen LogP contribution in [0.15, 0.2) is 54.6 Å². The molecule has 0 saturated carbocycles. The first-order valence-corrected chi connectivity index (χ1v) is 6.12. The Morgan fingerprint density at radius 1 is 0.950 bits per heavy atom. The molecule has 0 aliphatic rings. The monoisotopic (exact) mass is 260 g/mol. The van der Waals surface area contributed by atoms with Crippen LogP contribution in [0.1, 0.15) is 16.7 Å². The van der Waals surface area contributed by atoms with Gasteiger partial charge in [-0.1, -0.05) is 36.4 Å². The number of nitriles is 2. The van der Waals surface area contributed by atoms with Gasteiger partial charge in [-0.2, -0.15) is 10.5 Å². The van der Waals surface area contributed by atoms with E-state index in [-0.39, 0.29) is 0 Å². The molecule has 0 amide bonds. The summed E-state index contributed by atoms with van der Waals surface area (Å²) in [5, 5.41) is 17.8. The smallest absolute Gasteiger partial charge is 0.121 e. The maximum Gasteiger partial charge on any atom is 0.121 e. The standard InChI is InChI=1S/C17H12N2O/c18-12-15-8-9-17(11-16(15)13-19)20-10-4-7-14-5-2-1-3-6-14/h1-9,11H,10H2/b7-4+. The van der Waals surface area contributed by atoms with Gasteiger partial charge in [0, 0.05) is 0 Å². The predicted molar refractivity (Wildman–Crippen MR) is 76.8 cm³/mol. The average molecular weight is 260 g/mol. The van der Waals surface area contributed by atoms with E-state index in [9.17, 15) is 0 Å². The van der Waals surface area contributed by atoms with E-state index >= 15 is 0 Å². The van der Waals surface area contributed by atoms with Gasteiger partial charge in [-0.15, -0.1) is 0 Å². The lowest BCUT2D eigenvalue weighted by Gasteiger charge is -2.04. The fraction of sp³-hybridized carbons (Fsp3) is 0.0588. The number of ether oxygens (including phenoxy) is 1. The first-order valence-electron chi connectivity index (χ1n) is 6.12. The Kier molecular flexibility index (Phi) is 4.54. The molecule has 0 N–H and O–H groups in total. The van der Waals surface area contributed by atoms with E-state index in [0.29, 0.717) is 23.5 Å². The molecule has 0 aliphatic heterocycles. The van der Waals surface area contributed by atoms with E-state index < -0.39 is 0 Å². The third-order valence-electron chi connectivity index (χ3n) is 2.69. The minimum Gasteiger partial charge on any atom is -0.489 e. The largest absolute Gasteiger partial charge is 0.489 e. The zero-order chi connectivity index (χ0) is 14.2. The van der Waals surface area contributed by atoms with Crippen molar-refractivity contribution >= 4 is 6.08 Å². The molecular weight excluding hydrogens is 248 g/mol. The van der Waals surface area contributed by atoms with Crippen LogP contribution >= 0.6 is 0 Å². The highest BCUT2D eigenvalue weighted by atomic mass is 16.5. The molecule has 0 bridgehead atoms. The number of hydrogen-bond donors (Lipinski definition) is 0. The van der Waals surface area contributed by atoms with Crippen molar-refractivity contribution in [1.29, 1.82) is 10.5 Å². The molecule has 0 saturated heterocycles. The van der Waals surface area contributed by atoms with E-state index in [1.807, 2.05) is 54.6 Å². The number of rotatable bonds is 4. The summed E-state index contributed by atoms with van der Waals surface area (Å²) in [5.41, 5.74) is 1.80. The van der Waals surface area contributed by atoms with Crippen molar-refractivity contribution in [3.63, 3.8) is 0 Å². The first-order chi connectivity index (χ1) is 9.83. The minimum absolute atomic E-state index is 0.331. The first kappa shape index (κ1) is 13.4. The molecule has 0 atom stereocenters. The highest BCUT2D eigenvalue weighted by molar-refractivity contribution is 5.50. The zero-order valence-electron chi connectivity index (χ0n) is 10.8. The van der Waals surface area contributed by atoms with Gasteiger partial charge in [0.05, 0.1) is 11.1 Å². The van der Waals surface area contributed by atoms with Crippen LogP contribution in [0.25, 0.3) is 6.08 Å².